The molecule has 152 valence electrons. The van der Waals surface area contributed by atoms with Gasteiger partial charge in [0.15, 0.2) is 0 Å². The first-order valence-corrected chi connectivity index (χ1v) is 11.1. The van der Waals surface area contributed by atoms with Gasteiger partial charge in [0, 0.05) is 27.1 Å². The molecule has 2 aromatic carbocycles. The van der Waals surface area contributed by atoms with Gasteiger partial charge in [-0.05, 0) is 55.4 Å². The summed E-state index contributed by atoms with van der Waals surface area (Å²) in [4.78, 5) is 12.5. The summed E-state index contributed by atoms with van der Waals surface area (Å²) in [6.07, 6.45) is 4.25. The Hall–Kier alpha value is -2.18. The maximum Gasteiger partial charge on any atom is 0.242 e. The molecule has 1 amide bonds. The molecule has 1 N–H and O–H groups in total. The Labute approximate surface area is 168 Å². The van der Waals surface area contributed by atoms with E-state index in [-0.39, 0.29) is 16.7 Å². The number of amides is 1. The van der Waals surface area contributed by atoms with E-state index in [1.807, 2.05) is 30.3 Å². The van der Waals surface area contributed by atoms with Gasteiger partial charge in [0.05, 0.1) is 4.90 Å². The number of sulfonamides is 1. The number of nitrogens with one attached hydrogen (secondary N) is 1. The van der Waals surface area contributed by atoms with Gasteiger partial charge >= 0.3 is 0 Å². The molecule has 5 nitrogen and oxygen atoms in total. The van der Waals surface area contributed by atoms with Crippen molar-refractivity contribution in [2.45, 2.75) is 37.0 Å². The SMILES string of the molecule is CNC(=O)C(CCCc1ccccc1)CCc1ccc(S(=O)(=O)N(C)C)cc1. The molecule has 0 fully saturated rings. The molecule has 6 heteroatoms. The standard InChI is InChI=1S/C22H30N2O3S/c1-23-22(25)20(11-7-10-18-8-5-4-6-9-18)15-12-19-13-16-21(17-14-19)28(26,27)24(2)3/h4-6,8-9,13-14,16-17,20H,7,10-12,15H2,1-3H3,(H,23,25). The number of rotatable bonds is 10. The minimum Gasteiger partial charge on any atom is -0.359 e. The summed E-state index contributed by atoms with van der Waals surface area (Å²) >= 11 is 0. The number of hydrogen-bond acceptors (Lipinski definition) is 3. The van der Waals surface area contributed by atoms with Crippen LogP contribution in [0.1, 0.15) is 30.4 Å². The zero-order valence-corrected chi connectivity index (χ0v) is 17.7. The highest BCUT2D eigenvalue weighted by Gasteiger charge is 2.18. The van der Waals surface area contributed by atoms with E-state index in [1.54, 1.807) is 19.2 Å². The van der Waals surface area contributed by atoms with Crippen LogP contribution in [-0.2, 0) is 27.7 Å². The molecular formula is C22H30N2O3S. The summed E-state index contributed by atoms with van der Waals surface area (Å²) < 4.78 is 25.5. The van der Waals surface area contributed by atoms with Crippen LogP contribution in [0.2, 0.25) is 0 Å². The van der Waals surface area contributed by atoms with Crippen LogP contribution in [0.4, 0.5) is 0 Å². The molecule has 0 aliphatic carbocycles. The highest BCUT2D eigenvalue weighted by Crippen LogP contribution is 2.19. The van der Waals surface area contributed by atoms with Gasteiger partial charge in [0.25, 0.3) is 0 Å². The number of nitrogens with zero attached hydrogens (tertiary/aromatic N) is 1. The molecule has 0 aliphatic rings. The van der Waals surface area contributed by atoms with E-state index in [9.17, 15) is 13.2 Å². The Kier molecular flexibility index (Phi) is 8.20. The van der Waals surface area contributed by atoms with Crippen molar-refractivity contribution in [2.75, 3.05) is 21.1 Å². The number of aryl methyl sites for hydroxylation is 2. The Bertz CT molecular complexity index is 847. The van der Waals surface area contributed by atoms with Crippen molar-refractivity contribution < 1.29 is 13.2 Å². The Morgan fingerprint density at radius 3 is 2.11 bits per heavy atom. The molecule has 28 heavy (non-hydrogen) atoms. The lowest BCUT2D eigenvalue weighted by Gasteiger charge is -2.16. The minimum atomic E-state index is -3.41. The molecule has 0 radical (unpaired) electrons. The van der Waals surface area contributed by atoms with Gasteiger partial charge in [-0.15, -0.1) is 0 Å². The fraction of sp³-hybridized carbons (Fsp3) is 0.409. The fourth-order valence-corrected chi connectivity index (χ4v) is 4.09. The van der Waals surface area contributed by atoms with E-state index in [0.717, 1.165) is 37.7 Å². The predicted molar refractivity (Wildman–Crippen MR) is 113 cm³/mol. The van der Waals surface area contributed by atoms with Crippen molar-refractivity contribution in [3.05, 3.63) is 65.7 Å². The number of benzene rings is 2. The van der Waals surface area contributed by atoms with Crippen LogP contribution in [0.25, 0.3) is 0 Å². The monoisotopic (exact) mass is 402 g/mol. The minimum absolute atomic E-state index is 0.0427. The van der Waals surface area contributed by atoms with Gasteiger partial charge in [-0.2, -0.15) is 0 Å². The molecule has 0 aromatic heterocycles. The second-order valence-electron chi connectivity index (χ2n) is 7.16. The van der Waals surface area contributed by atoms with Crippen LogP contribution >= 0.6 is 0 Å². The molecule has 0 aliphatic heterocycles. The smallest absolute Gasteiger partial charge is 0.242 e. The highest BCUT2D eigenvalue weighted by molar-refractivity contribution is 7.89. The predicted octanol–water partition coefficient (Wildman–Crippen LogP) is 3.25. The Morgan fingerprint density at radius 2 is 1.54 bits per heavy atom. The molecule has 0 saturated carbocycles. The van der Waals surface area contributed by atoms with Gasteiger partial charge in [0.1, 0.15) is 0 Å². The summed E-state index contributed by atoms with van der Waals surface area (Å²) in [5, 5.41) is 2.77. The number of hydrogen-bond donors (Lipinski definition) is 1. The first-order valence-electron chi connectivity index (χ1n) is 9.61. The molecule has 2 aromatic rings. The van der Waals surface area contributed by atoms with Crippen molar-refractivity contribution in [1.82, 2.24) is 9.62 Å². The van der Waals surface area contributed by atoms with Crippen molar-refractivity contribution >= 4 is 15.9 Å². The fourth-order valence-electron chi connectivity index (χ4n) is 3.19. The maximum absolute atomic E-state index is 12.2. The first kappa shape index (κ1) is 22.1. The molecule has 0 spiro atoms. The summed E-state index contributed by atoms with van der Waals surface area (Å²) in [5.74, 6) is 0.0266. The Balaban J connectivity index is 1.93. The second kappa shape index (κ2) is 10.4. The third kappa shape index (κ3) is 6.17. The summed E-state index contributed by atoms with van der Waals surface area (Å²) in [6.45, 7) is 0. The first-order chi connectivity index (χ1) is 13.3. The van der Waals surface area contributed by atoms with E-state index in [1.165, 1.54) is 24.0 Å². The molecule has 0 bridgehead atoms. The van der Waals surface area contributed by atoms with Gasteiger partial charge in [-0.3, -0.25) is 4.79 Å². The average Bonchev–Trinajstić information content (AvgIpc) is 2.71. The lowest BCUT2D eigenvalue weighted by Crippen LogP contribution is -2.28. The van der Waals surface area contributed by atoms with E-state index in [0.29, 0.717) is 0 Å². The molecule has 0 saturated heterocycles. The zero-order valence-electron chi connectivity index (χ0n) is 16.9. The third-order valence-corrected chi connectivity index (χ3v) is 6.79. The average molecular weight is 403 g/mol. The summed E-state index contributed by atoms with van der Waals surface area (Å²) in [7, 11) is 1.30. The topological polar surface area (TPSA) is 66.5 Å². The summed E-state index contributed by atoms with van der Waals surface area (Å²) in [5.41, 5.74) is 2.32. The van der Waals surface area contributed by atoms with Gasteiger partial charge < -0.3 is 5.32 Å². The van der Waals surface area contributed by atoms with Crippen LogP contribution in [0.15, 0.2) is 59.5 Å². The molecule has 2 rings (SSSR count). The van der Waals surface area contributed by atoms with Gasteiger partial charge in [-0.1, -0.05) is 42.5 Å². The summed E-state index contributed by atoms with van der Waals surface area (Å²) in [6, 6.07) is 17.2. The van der Waals surface area contributed by atoms with Gasteiger partial charge in [-0.25, -0.2) is 12.7 Å². The maximum atomic E-state index is 12.2. The second-order valence-corrected chi connectivity index (χ2v) is 9.31. The van der Waals surface area contributed by atoms with E-state index in [2.05, 4.69) is 17.4 Å². The lowest BCUT2D eigenvalue weighted by atomic mass is 9.92. The van der Waals surface area contributed by atoms with Crippen molar-refractivity contribution in [2.24, 2.45) is 5.92 Å². The number of carbonyl (C=O) groups is 1. The van der Waals surface area contributed by atoms with Crippen molar-refractivity contribution in [3.63, 3.8) is 0 Å². The highest BCUT2D eigenvalue weighted by atomic mass is 32.2. The normalized spacial score (nSPS) is 12.7. The van der Waals surface area contributed by atoms with E-state index in [4.69, 9.17) is 0 Å². The van der Waals surface area contributed by atoms with Crippen LogP contribution in [0, 0.1) is 5.92 Å². The largest absolute Gasteiger partial charge is 0.359 e. The quantitative estimate of drug-likeness (QED) is 0.663. The van der Waals surface area contributed by atoms with E-state index >= 15 is 0 Å². The van der Waals surface area contributed by atoms with Crippen LogP contribution in [0.3, 0.4) is 0 Å². The van der Waals surface area contributed by atoms with Crippen molar-refractivity contribution in [1.29, 1.82) is 0 Å². The van der Waals surface area contributed by atoms with Crippen LogP contribution < -0.4 is 5.32 Å². The van der Waals surface area contributed by atoms with Crippen LogP contribution in [0.5, 0.6) is 0 Å². The Morgan fingerprint density at radius 1 is 0.929 bits per heavy atom. The zero-order chi connectivity index (χ0) is 20.6. The molecule has 1 unspecified atom stereocenters. The van der Waals surface area contributed by atoms with Gasteiger partial charge in [0.2, 0.25) is 15.9 Å². The molecule has 0 heterocycles. The van der Waals surface area contributed by atoms with E-state index < -0.39 is 10.0 Å². The lowest BCUT2D eigenvalue weighted by molar-refractivity contribution is -0.124. The number of carbonyl (C=O) groups excluding carboxylic acids is 1. The van der Waals surface area contributed by atoms with Crippen LogP contribution in [-0.4, -0.2) is 39.8 Å². The molecule has 1 atom stereocenters. The molecular weight excluding hydrogens is 372 g/mol. The van der Waals surface area contributed by atoms with Crippen molar-refractivity contribution in [3.8, 4) is 0 Å². The third-order valence-electron chi connectivity index (χ3n) is 4.96.